The third-order valence-electron chi connectivity index (χ3n) is 4.33. The number of ether oxygens (including phenoxy) is 1. The first-order valence-corrected chi connectivity index (χ1v) is 9.34. The number of pyridine rings is 1. The SMILES string of the molecule is CCc1cc(C(C)=O)c(O)cc1OCc1cccc(C(=O)NC(CO)CC(=O)O)n1. The number of aryl methyl sites for hydroxylation is 1. The van der Waals surface area contributed by atoms with Gasteiger partial charge in [0.25, 0.3) is 5.91 Å². The second-order valence-electron chi connectivity index (χ2n) is 6.64. The van der Waals surface area contributed by atoms with E-state index in [0.717, 1.165) is 5.56 Å². The molecule has 0 saturated carbocycles. The average molecular weight is 416 g/mol. The fourth-order valence-corrected chi connectivity index (χ4v) is 2.78. The first kappa shape index (κ1) is 22.8. The first-order chi connectivity index (χ1) is 14.2. The predicted molar refractivity (Wildman–Crippen MR) is 107 cm³/mol. The molecule has 0 fully saturated rings. The molecule has 9 heteroatoms. The number of hydrogen-bond donors (Lipinski definition) is 4. The lowest BCUT2D eigenvalue weighted by Crippen LogP contribution is -2.39. The summed E-state index contributed by atoms with van der Waals surface area (Å²) in [5.41, 5.74) is 1.44. The number of carboxylic acids is 1. The Morgan fingerprint density at radius 3 is 2.57 bits per heavy atom. The zero-order valence-corrected chi connectivity index (χ0v) is 16.7. The summed E-state index contributed by atoms with van der Waals surface area (Å²) in [6.07, 6.45) is 0.169. The Hall–Kier alpha value is -3.46. The molecule has 0 aliphatic carbocycles. The molecule has 9 nitrogen and oxygen atoms in total. The number of aromatic hydroxyl groups is 1. The van der Waals surface area contributed by atoms with Crippen molar-refractivity contribution in [1.29, 1.82) is 0 Å². The number of benzene rings is 1. The minimum atomic E-state index is -1.14. The number of aromatic nitrogens is 1. The number of hydrogen-bond acceptors (Lipinski definition) is 7. The van der Waals surface area contributed by atoms with Crippen molar-refractivity contribution in [2.75, 3.05) is 6.61 Å². The summed E-state index contributed by atoms with van der Waals surface area (Å²) in [4.78, 5) is 38.8. The van der Waals surface area contributed by atoms with Crippen LogP contribution in [0.4, 0.5) is 0 Å². The van der Waals surface area contributed by atoms with E-state index in [-0.39, 0.29) is 29.4 Å². The second-order valence-corrected chi connectivity index (χ2v) is 6.64. The topological polar surface area (TPSA) is 146 Å². The van der Waals surface area contributed by atoms with E-state index in [2.05, 4.69) is 10.3 Å². The van der Waals surface area contributed by atoms with E-state index < -0.39 is 30.9 Å². The molecule has 0 spiro atoms. The molecule has 2 aromatic rings. The minimum absolute atomic E-state index is 0.00549. The first-order valence-electron chi connectivity index (χ1n) is 9.34. The van der Waals surface area contributed by atoms with Crippen molar-refractivity contribution >= 4 is 17.7 Å². The molecule has 1 amide bonds. The van der Waals surface area contributed by atoms with Gasteiger partial charge in [-0.1, -0.05) is 13.0 Å². The van der Waals surface area contributed by atoms with E-state index in [1.807, 2.05) is 6.92 Å². The van der Waals surface area contributed by atoms with Gasteiger partial charge in [0.2, 0.25) is 0 Å². The van der Waals surface area contributed by atoms with Crippen molar-refractivity contribution in [3.63, 3.8) is 0 Å². The molecule has 30 heavy (non-hydrogen) atoms. The highest BCUT2D eigenvalue weighted by atomic mass is 16.5. The number of phenols is 1. The van der Waals surface area contributed by atoms with Crippen molar-refractivity contribution in [3.8, 4) is 11.5 Å². The lowest BCUT2D eigenvalue weighted by Gasteiger charge is -2.15. The van der Waals surface area contributed by atoms with E-state index in [4.69, 9.17) is 9.84 Å². The zero-order valence-electron chi connectivity index (χ0n) is 16.7. The highest BCUT2D eigenvalue weighted by molar-refractivity contribution is 5.97. The summed E-state index contributed by atoms with van der Waals surface area (Å²) >= 11 is 0. The predicted octanol–water partition coefficient (Wildman–Crippen LogP) is 1.70. The number of rotatable bonds is 10. The number of ketones is 1. The maximum atomic E-state index is 12.3. The molecule has 0 bridgehead atoms. The van der Waals surface area contributed by atoms with Crippen LogP contribution in [0.5, 0.6) is 11.5 Å². The van der Waals surface area contributed by atoms with Crippen LogP contribution in [-0.2, 0) is 17.8 Å². The number of aliphatic carboxylic acids is 1. The number of aliphatic hydroxyl groups excluding tert-OH is 1. The number of nitrogens with zero attached hydrogens (tertiary/aromatic N) is 1. The van der Waals surface area contributed by atoms with Crippen LogP contribution in [0.3, 0.4) is 0 Å². The van der Waals surface area contributed by atoms with Crippen LogP contribution in [0.15, 0.2) is 30.3 Å². The van der Waals surface area contributed by atoms with Gasteiger partial charge in [-0.2, -0.15) is 0 Å². The van der Waals surface area contributed by atoms with Gasteiger partial charge in [0, 0.05) is 6.07 Å². The maximum Gasteiger partial charge on any atom is 0.305 e. The highest BCUT2D eigenvalue weighted by Gasteiger charge is 2.18. The second kappa shape index (κ2) is 10.4. The number of nitrogens with one attached hydrogen (secondary N) is 1. The average Bonchev–Trinajstić information content (AvgIpc) is 2.71. The summed E-state index contributed by atoms with van der Waals surface area (Å²) in [6.45, 7) is 2.75. The monoisotopic (exact) mass is 416 g/mol. The smallest absolute Gasteiger partial charge is 0.305 e. The number of phenolic OH excluding ortho intramolecular Hbond substituents is 1. The molecular formula is C21H24N2O7. The van der Waals surface area contributed by atoms with Gasteiger partial charge < -0.3 is 25.4 Å². The number of carbonyl (C=O) groups excluding carboxylic acids is 2. The van der Waals surface area contributed by atoms with Crippen LogP contribution in [0.1, 0.15) is 52.4 Å². The molecule has 1 heterocycles. The molecule has 0 aliphatic rings. The van der Waals surface area contributed by atoms with E-state index in [1.54, 1.807) is 18.2 Å². The molecule has 0 radical (unpaired) electrons. The van der Waals surface area contributed by atoms with Crippen LogP contribution in [-0.4, -0.2) is 50.6 Å². The molecule has 1 aromatic heterocycles. The third-order valence-corrected chi connectivity index (χ3v) is 4.33. The van der Waals surface area contributed by atoms with Gasteiger partial charge in [0.05, 0.1) is 30.3 Å². The molecule has 4 N–H and O–H groups in total. The van der Waals surface area contributed by atoms with Crippen molar-refractivity contribution in [3.05, 3.63) is 52.8 Å². The van der Waals surface area contributed by atoms with Gasteiger partial charge in [0.1, 0.15) is 23.8 Å². The van der Waals surface area contributed by atoms with Crippen LogP contribution in [0.25, 0.3) is 0 Å². The van der Waals surface area contributed by atoms with E-state index in [1.165, 1.54) is 19.1 Å². The number of Topliss-reactive ketones (excluding diaryl/α,β-unsaturated/α-hetero) is 1. The minimum Gasteiger partial charge on any atom is -0.507 e. The van der Waals surface area contributed by atoms with Crippen molar-refractivity contribution < 1.29 is 34.4 Å². The Balaban J connectivity index is 2.12. The summed E-state index contributed by atoms with van der Waals surface area (Å²) in [7, 11) is 0. The molecular weight excluding hydrogens is 392 g/mol. The lowest BCUT2D eigenvalue weighted by molar-refractivity contribution is -0.137. The number of carboxylic acid groups (broad SMARTS) is 1. The van der Waals surface area contributed by atoms with Crippen LogP contribution >= 0.6 is 0 Å². The van der Waals surface area contributed by atoms with Gasteiger partial charge >= 0.3 is 5.97 Å². The standard InChI is InChI=1S/C21H24N2O7/c1-3-13-7-16(12(2)25)18(26)9-19(13)30-11-14-5-4-6-17(22-14)21(29)23-15(10-24)8-20(27)28/h4-7,9,15,24,26H,3,8,10-11H2,1-2H3,(H,23,29)(H,27,28). The normalized spacial score (nSPS) is 11.6. The summed E-state index contributed by atoms with van der Waals surface area (Å²) < 4.78 is 5.74. The summed E-state index contributed by atoms with van der Waals surface area (Å²) in [5.74, 6) is -1.79. The van der Waals surface area contributed by atoms with Crippen LogP contribution < -0.4 is 10.1 Å². The zero-order chi connectivity index (χ0) is 22.3. The number of amides is 1. The van der Waals surface area contributed by atoms with Gasteiger partial charge in [0.15, 0.2) is 5.78 Å². The third kappa shape index (κ3) is 6.02. The van der Waals surface area contributed by atoms with E-state index in [9.17, 15) is 24.6 Å². The Morgan fingerprint density at radius 2 is 1.97 bits per heavy atom. The Morgan fingerprint density at radius 1 is 1.23 bits per heavy atom. The van der Waals surface area contributed by atoms with Gasteiger partial charge in [-0.3, -0.25) is 14.4 Å². The lowest BCUT2D eigenvalue weighted by atomic mass is 10.0. The molecule has 160 valence electrons. The summed E-state index contributed by atoms with van der Waals surface area (Å²) in [5, 5.41) is 30.5. The van der Waals surface area contributed by atoms with Gasteiger partial charge in [-0.25, -0.2) is 4.98 Å². The van der Waals surface area contributed by atoms with Crippen molar-refractivity contribution in [2.45, 2.75) is 39.3 Å². The number of carbonyl (C=O) groups is 3. The molecule has 1 unspecified atom stereocenters. The van der Waals surface area contributed by atoms with Crippen LogP contribution in [0, 0.1) is 0 Å². The van der Waals surface area contributed by atoms with Gasteiger partial charge in [-0.05, 0) is 37.1 Å². The molecule has 0 saturated heterocycles. The largest absolute Gasteiger partial charge is 0.507 e. The Labute approximate surface area is 173 Å². The molecule has 1 atom stereocenters. The fraction of sp³-hybridized carbons (Fsp3) is 0.333. The Kier molecular flexibility index (Phi) is 7.88. The van der Waals surface area contributed by atoms with E-state index in [0.29, 0.717) is 17.9 Å². The van der Waals surface area contributed by atoms with E-state index >= 15 is 0 Å². The maximum absolute atomic E-state index is 12.3. The molecule has 1 aromatic carbocycles. The van der Waals surface area contributed by atoms with Crippen molar-refractivity contribution in [1.82, 2.24) is 10.3 Å². The molecule has 2 rings (SSSR count). The molecule has 0 aliphatic heterocycles. The Bertz CT molecular complexity index is 943. The quantitative estimate of drug-likeness (QED) is 0.428. The van der Waals surface area contributed by atoms with Gasteiger partial charge in [-0.15, -0.1) is 0 Å². The highest BCUT2D eigenvalue weighted by Crippen LogP contribution is 2.29. The fourth-order valence-electron chi connectivity index (χ4n) is 2.78. The number of aliphatic hydroxyl groups is 1. The summed E-state index contributed by atoms with van der Waals surface area (Å²) in [6, 6.07) is 6.74. The van der Waals surface area contributed by atoms with Crippen molar-refractivity contribution in [2.24, 2.45) is 0 Å². The van der Waals surface area contributed by atoms with Crippen LogP contribution in [0.2, 0.25) is 0 Å².